The van der Waals surface area contributed by atoms with E-state index in [-0.39, 0.29) is 0 Å². The fourth-order valence-corrected chi connectivity index (χ4v) is 0.652. The topological polar surface area (TPSA) is 37.3 Å². The first kappa shape index (κ1) is 14.7. The predicted octanol–water partition coefficient (Wildman–Crippen LogP) is 2.85. The molecule has 0 aromatic heterocycles. The van der Waals surface area contributed by atoms with Gasteiger partial charge in [-0.3, -0.25) is 0 Å². The smallest absolute Gasteiger partial charge is 0.423 e. The molecule has 0 aromatic carbocycles. The second-order valence-corrected chi connectivity index (χ2v) is 2.69. The molecule has 0 rings (SSSR count). The highest BCUT2D eigenvalue weighted by molar-refractivity contribution is 5.88. The molecule has 0 amide bonds. The Bertz CT molecular complexity index is 292. The van der Waals surface area contributed by atoms with Crippen LogP contribution in [0.1, 0.15) is 6.42 Å². The number of rotatable bonds is 4. The molecule has 0 fully saturated rings. The molecule has 2 nitrogen and oxygen atoms in total. The summed E-state index contributed by atoms with van der Waals surface area (Å²) in [5.41, 5.74) is -2.30. The lowest BCUT2D eigenvalue weighted by Gasteiger charge is -2.13. The molecule has 0 aromatic rings. The minimum absolute atomic E-state index is 0.464. The molecule has 0 aliphatic rings. The molecular weight excluding hydrogens is 249 g/mol. The zero-order valence-corrected chi connectivity index (χ0v) is 7.36. The summed E-state index contributed by atoms with van der Waals surface area (Å²) in [6.07, 6.45) is -12.0. The summed E-state index contributed by atoms with van der Waals surface area (Å²) in [5.74, 6) is -7.19. The Morgan fingerprint density at radius 3 is 1.88 bits per heavy atom. The van der Waals surface area contributed by atoms with Gasteiger partial charge in [0.2, 0.25) is 0 Å². The van der Waals surface area contributed by atoms with Crippen molar-refractivity contribution in [2.24, 2.45) is 0 Å². The summed E-state index contributed by atoms with van der Waals surface area (Å²) in [4.78, 5) is 10.0. The number of halogens is 7. The van der Waals surface area contributed by atoms with Crippen LogP contribution in [0.15, 0.2) is 11.6 Å². The summed E-state index contributed by atoms with van der Waals surface area (Å²) in [6, 6.07) is 0. The van der Waals surface area contributed by atoms with E-state index in [9.17, 15) is 35.5 Å². The van der Waals surface area contributed by atoms with Crippen LogP contribution >= 0.6 is 0 Å². The molecule has 0 saturated heterocycles. The molecule has 0 heterocycles. The third kappa shape index (κ3) is 4.07. The number of hydrogen-bond acceptors (Lipinski definition) is 1. The predicted molar refractivity (Wildman–Crippen MR) is 37.3 cm³/mol. The normalized spacial score (nSPS) is 14.4. The van der Waals surface area contributed by atoms with E-state index in [2.05, 4.69) is 0 Å². The molecule has 9 heteroatoms. The largest absolute Gasteiger partial charge is 0.478 e. The van der Waals surface area contributed by atoms with Crippen molar-refractivity contribution in [2.45, 2.75) is 24.9 Å². The Morgan fingerprint density at radius 1 is 1.19 bits per heavy atom. The molecule has 0 spiro atoms. The van der Waals surface area contributed by atoms with E-state index in [0.29, 0.717) is 0 Å². The lowest BCUT2D eigenvalue weighted by atomic mass is 10.1. The maximum atomic E-state index is 12.2. The summed E-state index contributed by atoms with van der Waals surface area (Å²) in [6.45, 7) is 0. The van der Waals surface area contributed by atoms with Crippen molar-refractivity contribution in [2.75, 3.05) is 0 Å². The molecule has 0 radical (unpaired) electrons. The lowest BCUT2D eigenvalue weighted by Crippen LogP contribution is -2.27. The summed E-state index contributed by atoms with van der Waals surface area (Å²) in [5, 5.41) is 8.02. The van der Waals surface area contributed by atoms with Gasteiger partial charge in [-0.2, -0.15) is 22.0 Å². The first-order chi connectivity index (χ1) is 6.98. The third-order valence-corrected chi connectivity index (χ3v) is 1.43. The van der Waals surface area contributed by atoms with Crippen LogP contribution in [0.5, 0.6) is 0 Å². The number of carboxylic acid groups (broad SMARTS) is 1. The van der Waals surface area contributed by atoms with Gasteiger partial charge in [-0.05, 0) is 0 Å². The van der Waals surface area contributed by atoms with Crippen LogP contribution in [0.3, 0.4) is 0 Å². The van der Waals surface area contributed by atoms with Crippen molar-refractivity contribution in [1.82, 2.24) is 0 Å². The molecule has 16 heavy (non-hydrogen) atoms. The fourth-order valence-electron chi connectivity index (χ4n) is 0.652. The quantitative estimate of drug-likeness (QED) is 0.618. The molecule has 0 atom stereocenters. The maximum Gasteiger partial charge on any atom is 0.423 e. The molecule has 0 bridgehead atoms. The van der Waals surface area contributed by atoms with Gasteiger partial charge in [0, 0.05) is 6.42 Å². The number of allylic oxidation sites excluding steroid dienone is 1. The Kier molecular flexibility index (Phi) is 4.33. The second-order valence-electron chi connectivity index (χ2n) is 2.69. The van der Waals surface area contributed by atoms with Crippen molar-refractivity contribution in [3.8, 4) is 0 Å². The first-order valence-electron chi connectivity index (χ1n) is 3.65. The van der Waals surface area contributed by atoms with E-state index in [1.54, 1.807) is 0 Å². The third-order valence-electron chi connectivity index (χ3n) is 1.43. The summed E-state index contributed by atoms with van der Waals surface area (Å²) >= 11 is 0. The van der Waals surface area contributed by atoms with Gasteiger partial charge >= 0.3 is 24.5 Å². The highest BCUT2D eigenvalue weighted by Gasteiger charge is 2.43. The second kappa shape index (κ2) is 4.71. The van der Waals surface area contributed by atoms with Gasteiger partial charge in [0.15, 0.2) is 0 Å². The van der Waals surface area contributed by atoms with Crippen molar-refractivity contribution in [1.29, 1.82) is 0 Å². The van der Waals surface area contributed by atoms with Crippen LogP contribution in [-0.4, -0.2) is 29.6 Å². The Hall–Kier alpha value is -1.28. The van der Waals surface area contributed by atoms with E-state index in [1.807, 2.05) is 0 Å². The average molecular weight is 254 g/mol. The molecule has 0 aliphatic heterocycles. The fraction of sp³-hybridized carbons (Fsp3) is 0.571. The highest BCUT2D eigenvalue weighted by atomic mass is 19.4. The van der Waals surface area contributed by atoms with Crippen molar-refractivity contribution in [3.05, 3.63) is 11.6 Å². The molecule has 0 unspecified atom stereocenters. The summed E-state index contributed by atoms with van der Waals surface area (Å²) < 4.78 is 83.1. The van der Waals surface area contributed by atoms with Crippen LogP contribution in [0, 0.1) is 0 Å². The van der Waals surface area contributed by atoms with Gasteiger partial charge in [-0.1, -0.05) is 6.08 Å². The van der Waals surface area contributed by atoms with Crippen LogP contribution in [0.4, 0.5) is 30.7 Å². The number of carboxylic acids is 1. The number of alkyl halides is 7. The Balaban J connectivity index is 4.93. The van der Waals surface area contributed by atoms with Gasteiger partial charge in [-0.15, -0.1) is 0 Å². The van der Waals surface area contributed by atoms with E-state index in [0.717, 1.165) is 0 Å². The highest BCUT2D eigenvalue weighted by Crippen LogP contribution is 2.31. The minimum atomic E-state index is -5.37. The summed E-state index contributed by atoms with van der Waals surface area (Å²) in [7, 11) is 0. The Labute approximate surface area is 84.4 Å². The zero-order valence-electron chi connectivity index (χ0n) is 7.36. The van der Waals surface area contributed by atoms with Gasteiger partial charge in [0.1, 0.15) is 5.57 Å². The van der Waals surface area contributed by atoms with Crippen molar-refractivity contribution in [3.63, 3.8) is 0 Å². The van der Waals surface area contributed by atoms with E-state index in [4.69, 9.17) is 5.11 Å². The van der Waals surface area contributed by atoms with Crippen LogP contribution in [-0.2, 0) is 4.79 Å². The number of aliphatic carboxylic acids is 1. The van der Waals surface area contributed by atoms with E-state index in [1.165, 1.54) is 0 Å². The van der Waals surface area contributed by atoms with Gasteiger partial charge in [0.05, 0.1) is 0 Å². The Morgan fingerprint density at radius 2 is 1.62 bits per heavy atom. The SMILES string of the molecule is O=C(O)C(=CCC(F)(F)C(F)F)C(F)(F)F. The van der Waals surface area contributed by atoms with E-state index >= 15 is 0 Å². The lowest BCUT2D eigenvalue weighted by molar-refractivity contribution is -0.145. The van der Waals surface area contributed by atoms with Gasteiger partial charge < -0.3 is 5.11 Å². The molecular formula is C7H5F7O2. The molecule has 0 saturated carbocycles. The standard InChI is InChI=1S/C7H5F7O2/c8-5(9)6(10,11)2-1-3(4(15)16)7(12,13)14/h1,5H,2H2,(H,15,16). The van der Waals surface area contributed by atoms with Crippen LogP contribution in [0.25, 0.3) is 0 Å². The zero-order chi connectivity index (χ0) is 13.1. The van der Waals surface area contributed by atoms with Crippen molar-refractivity contribution < 1.29 is 40.6 Å². The molecule has 0 aliphatic carbocycles. The van der Waals surface area contributed by atoms with Crippen LogP contribution < -0.4 is 0 Å². The van der Waals surface area contributed by atoms with Crippen LogP contribution in [0.2, 0.25) is 0 Å². The number of hydrogen-bond donors (Lipinski definition) is 1. The van der Waals surface area contributed by atoms with E-state index < -0.39 is 42.6 Å². The minimum Gasteiger partial charge on any atom is -0.478 e. The average Bonchev–Trinajstić information content (AvgIpc) is 1.99. The first-order valence-corrected chi connectivity index (χ1v) is 3.65. The van der Waals surface area contributed by atoms with Gasteiger partial charge in [0.25, 0.3) is 0 Å². The molecule has 1 N–H and O–H groups in total. The van der Waals surface area contributed by atoms with Gasteiger partial charge in [-0.25, -0.2) is 13.6 Å². The maximum absolute atomic E-state index is 12.2. The number of carbonyl (C=O) groups is 1. The monoisotopic (exact) mass is 254 g/mol. The van der Waals surface area contributed by atoms with Crippen molar-refractivity contribution >= 4 is 5.97 Å². The molecule has 94 valence electrons.